The van der Waals surface area contributed by atoms with Gasteiger partial charge in [-0.3, -0.25) is 14.9 Å². The molecular formula is C16H20N4O3. The number of aryl methyl sites for hydroxylation is 1. The van der Waals surface area contributed by atoms with Gasteiger partial charge in [0.05, 0.1) is 11.7 Å². The van der Waals surface area contributed by atoms with Crippen LogP contribution in [-0.4, -0.2) is 38.3 Å². The number of carbonyl (C=O) groups excluding carboxylic acids is 1. The molecule has 1 aliphatic heterocycles. The van der Waals surface area contributed by atoms with E-state index in [1.54, 1.807) is 17.3 Å². The van der Waals surface area contributed by atoms with Crippen molar-refractivity contribution in [2.45, 2.75) is 45.8 Å². The minimum atomic E-state index is -0.513. The number of nitrogens with zero attached hydrogens (tertiary/aromatic N) is 4. The van der Waals surface area contributed by atoms with Crippen molar-refractivity contribution in [3.8, 4) is 11.4 Å². The molecule has 23 heavy (non-hydrogen) atoms. The largest absolute Gasteiger partial charge is 0.444 e. The average Bonchev–Trinajstić information content (AvgIpc) is 2.84. The number of likely N-dealkylation sites (tertiary alicyclic amines) is 1. The molecule has 0 unspecified atom stereocenters. The van der Waals surface area contributed by atoms with Crippen LogP contribution in [0.5, 0.6) is 0 Å². The fraction of sp³-hybridized carbons (Fsp3) is 0.500. The van der Waals surface area contributed by atoms with Crippen LogP contribution in [0, 0.1) is 6.92 Å². The van der Waals surface area contributed by atoms with Crippen molar-refractivity contribution in [1.29, 1.82) is 0 Å². The summed E-state index contributed by atoms with van der Waals surface area (Å²) in [5, 5.41) is 4.06. The lowest BCUT2D eigenvalue weighted by atomic mass is 10.0. The number of amides is 1. The molecule has 0 saturated carbocycles. The summed E-state index contributed by atoms with van der Waals surface area (Å²) < 4.78 is 10.8. The molecule has 1 atom stereocenters. The smallest absolute Gasteiger partial charge is 0.410 e. The maximum atomic E-state index is 12.2. The molecule has 7 heteroatoms. The fourth-order valence-electron chi connectivity index (χ4n) is 2.44. The Labute approximate surface area is 134 Å². The highest BCUT2D eigenvalue weighted by atomic mass is 16.6. The van der Waals surface area contributed by atoms with Crippen LogP contribution in [0.3, 0.4) is 0 Å². The predicted molar refractivity (Wildman–Crippen MR) is 82.6 cm³/mol. The highest BCUT2D eigenvalue weighted by Gasteiger charge is 2.38. The molecule has 3 heterocycles. The monoisotopic (exact) mass is 316 g/mol. The van der Waals surface area contributed by atoms with Gasteiger partial charge in [0.2, 0.25) is 0 Å². The van der Waals surface area contributed by atoms with Gasteiger partial charge in [0.25, 0.3) is 0 Å². The maximum Gasteiger partial charge on any atom is 0.410 e. The Hall–Kier alpha value is -2.44. The first kappa shape index (κ1) is 15.5. The van der Waals surface area contributed by atoms with Gasteiger partial charge in [0, 0.05) is 25.0 Å². The molecule has 0 spiro atoms. The summed E-state index contributed by atoms with van der Waals surface area (Å²) in [5.41, 5.74) is 1.58. The SMILES string of the molecule is Cc1nccnc1-c1cc([C@@H]2CCN2C(=O)OC(C)(C)C)on1. The van der Waals surface area contributed by atoms with E-state index in [9.17, 15) is 4.79 Å². The summed E-state index contributed by atoms with van der Waals surface area (Å²) >= 11 is 0. The number of ether oxygens (including phenoxy) is 1. The molecule has 2 aromatic heterocycles. The first-order valence-electron chi connectivity index (χ1n) is 7.59. The van der Waals surface area contributed by atoms with Gasteiger partial charge in [0.1, 0.15) is 17.0 Å². The minimum Gasteiger partial charge on any atom is -0.444 e. The zero-order valence-electron chi connectivity index (χ0n) is 13.7. The number of rotatable bonds is 2. The van der Waals surface area contributed by atoms with E-state index in [-0.39, 0.29) is 12.1 Å². The summed E-state index contributed by atoms with van der Waals surface area (Å²) in [5.74, 6) is 0.641. The summed E-state index contributed by atoms with van der Waals surface area (Å²) in [6.07, 6.45) is 3.75. The summed E-state index contributed by atoms with van der Waals surface area (Å²) in [6, 6.07) is 1.68. The van der Waals surface area contributed by atoms with Crippen LogP contribution in [-0.2, 0) is 4.74 Å². The van der Waals surface area contributed by atoms with E-state index in [0.29, 0.717) is 23.7 Å². The number of carbonyl (C=O) groups is 1. The van der Waals surface area contributed by atoms with Crippen LogP contribution in [0.1, 0.15) is 44.7 Å². The van der Waals surface area contributed by atoms with Crippen molar-refractivity contribution in [2.75, 3.05) is 6.54 Å². The normalized spacial score (nSPS) is 17.7. The molecule has 0 N–H and O–H groups in total. The lowest BCUT2D eigenvalue weighted by Gasteiger charge is -2.39. The standard InChI is InChI=1S/C16H20N4O3/c1-10-14(18-7-6-17-10)11-9-13(23-19-11)12-5-8-20(12)15(21)22-16(2,3)4/h6-7,9,12H,5,8H2,1-4H3/t12-/m0/s1. The molecule has 122 valence electrons. The molecule has 0 radical (unpaired) electrons. The van der Waals surface area contributed by atoms with Crippen molar-refractivity contribution in [3.63, 3.8) is 0 Å². The predicted octanol–water partition coefficient (Wildman–Crippen LogP) is 3.12. The van der Waals surface area contributed by atoms with Gasteiger partial charge in [-0.2, -0.15) is 0 Å². The lowest BCUT2D eigenvalue weighted by Crippen LogP contribution is -2.47. The number of hydrogen-bond donors (Lipinski definition) is 0. The van der Waals surface area contributed by atoms with Crippen molar-refractivity contribution < 1.29 is 14.1 Å². The molecule has 3 rings (SSSR count). The fourth-order valence-corrected chi connectivity index (χ4v) is 2.44. The van der Waals surface area contributed by atoms with Crippen LogP contribution < -0.4 is 0 Å². The Morgan fingerprint density at radius 3 is 2.70 bits per heavy atom. The Kier molecular flexibility index (Phi) is 3.79. The van der Waals surface area contributed by atoms with Gasteiger partial charge >= 0.3 is 6.09 Å². The van der Waals surface area contributed by atoms with E-state index < -0.39 is 5.60 Å². The highest BCUT2D eigenvalue weighted by molar-refractivity contribution is 5.70. The van der Waals surface area contributed by atoms with Crippen molar-refractivity contribution in [2.24, 2.45) is 0 Å². The zero-order chi connectivity index (χ0) is 16.6. The molecule has 1 amide bonds. The van der Waals surface area contributed by atoms with Crippen molar-refractivity contribution in [1.82, 2.24) is 20.0 Å². The van der Waals surface area contributed by atoms with Gasteiger partial charge in [-0.1, -0.05) is 5.16 Å². The van der Waals surface area contributed by atoms with Gasteiger partial charge < -0.3 is 9.26 Å². The van der Waals surface area contributed by atoms with Crippen LogP contribution in [0.25, 0.3) is 11.4 Å². The molecule has 0 aromatic carbocycles. The van der Waals surface area contributed by atoms with Gasteiger partial charge in [0.15, 0.2) is 5.76 Å². The first-order valence-corrected chi connectivity index (χ1v) is 7.59. The van der Waals surface area contributed by atoms with E-state index in [1.165, 1.54) is 0 Å². The molecule has 7 nitrogen and oxygen atoms in total. The molecule has 1 aliphatic rings. The van der Waals surface area contributed by atoms with Crippen LogP contribution >= 0.6 is 0 Å². The lowest BCUT2D eigenvalue weighted by molar-refractivity contribution is -0.0108. The van der Waals surface area contributed by atoms with E-state index in [1.807, 2.05) is 33.8 Å². The molecule has 0 aliphatic carbocycles. The van der Waals surface area contributed by atoms with E-state index >= 15 is 0 Å². The van der Waals surface area contributed by atoms with E-state index in [2.05, 4.69) is 15.1 Å². The molecule has 1 saturated heterocycles. The number of hydrogen-bond acceptors (Lipinski definition) is 6. The maximum absolute atomic E-state index is 12.2. The summed E-state index contributed by atoms with van der Waals surface area (Å²) in [4.78, 5) is 22.3. The second kappa shape index (κ2) is 5.64. The molecule has 2 aromatic rings. The molecule has 1 fully saturated rings. The third kappa shape index (κ3) is 3.18. The van der Waals surface area contributed by atoms with E-state index in [4.69, 9.17) is 9.26 Å². The van der Waals surface area contributed by atoms with Crippen molar-refractivity contribution >= 4 is 6.09 Å². The van der Waals surface area contributed by atoms with Gasteiger partial charge in [-0.05, 0) is 34.1 Å². The highest BCUT2D eigenvalue weighted by Crippen LogP contribution is 2.36. The van der Waals surface area contributed by atoms with Crippen LogP contribution in [0.15, 0.2) is 23.0 Å². The third-order valence-corrected chi connectivity index (χ3v) is 3.63. The summed E-state index contributed by atoms with van der Waals surface area (Å²) in [6.45, 7) is 8.07. The average molecular weight is 316 g/mol. The first-order chi connectivity index (χ1) is 10.8. The topological polar surface area (TPSA) is 81.4 Å². The Morgan fingerprint density at radius 2 is 2.09 bits per heavy atom. The Bertz CT molecular complexity index is 720. The van der Waals surface area contributed by atoms with Crippen LogP contribution in [0.4, 0.5) is 4.79 Å². The van der Waals surface area contributed by atoms with Crippen molar-refractivity contribution in [3.05, 3.63) is 29.9 Å². The molecular weight excluding hydrogens is 296 g/mol. The third-order valence-electron chi connectivity index (χ3n) is 3.63. The second-order valence-corrected chi connectivity index (χ2v) is 6.58. The summed E-state index contributed by atoms with van der Waals surface area (Å²) in [7, 11) is 0. The van der Waals surface area contributed by atoms with Gasteiger partial charge in [-0.25, -0.2) is 4.79 Å². The Morgan fingerprint density at radius 1 is 1.35 bits per heavy atom. The number of aromatic nitrogens is 3. The van der Waals surface area contributed by atoms with Crippen LogP contribution in [0.2, 0.25) is 0 Å². The zero-order valence-corrected chi connectivity index (χ0v) is 13.7. The van der Waals surface area contributed by atoms with E-state index in [0.717, 1.165) is 12.1 Å². The van der Waals surface area contributed by atoms with Gasteiger partial charge in [-0.15, -0.1) is 0 Å². The molecule has 0 bridgehead atoms. The quantitative estimate of drug-likeness (QED) is 0.846. The second-order valence-electron chi connectivity index (χ2n) is 6.58. The minimum absolute atomic E-state index is 0.136. The Balaban J connectivity index is 1.76.